The largest absolute Gasteiger partial charge is 0.309 e. The summed E-state index contributed by atoms with van der Waals surface area (Å²) in [4.78, 5) is 18.9. The molecule has 0 aliphatic rings. The summed E-state index contributed by atoms with van der Waals surface area (Å²) >= 11 is 5.66. The zero-order chi connectivity index (χ0) is 12.6. The third-order valence-electron chi connectivity index (χ3n) is 2.54. The molecule has 0 aromatic carbocycles. The molecule has 0 saturated carbocycles. The number of nitrogens with zero attached hydrogens (tertiary/aromatic N) is 2. The number of H-pyrrole nitrogens is 2. The van der Waals surface area contributed by atoms with E-state index in [1.165, 1.54) is 0 Å². The van der Waals surface area contributed by atoms with Gasteiger partial charge < -0.3 is 4.98 Å². The molecule has 0 atom stereocenters. The molecule has 0 amide bonds. The summed E-state index contributed by atoms with van der Waals surface area (Å²) < 4.78 is 0. The molecule has 2 aromatic heterocycles. The number of aromatic nitrogens is 4. The maximum Gasteiger partial charge on any atom is 0.279 e. The number of aromatic amines is 2. The maximum absolute atomic E-state index is 11.8. The Bertz CT molecular complexity index is 594. The normalized spacial score (nSPS) is 12.2. The van der Waals surface area contributed by atoms with Gasteiger partial charge in [-0.05, 0) is 0 Å². The summed E-state index contributed by atoms with van der Waals surface area (Å²) in [7, 11) is 0. The maximum atomic E-state index is 11.8. The Labute approximate surface area is 104 Å². The zero-order valence-electron chi connectivity index (χ0n) is 10.1. The molecule has 92 valence electrons. The van der Waals surface area contributed by atoms with E-state index in [0.717, 1.165) is 5.69 Å². The lowest BCUT2D eigenvalue weighted by atomic mass is 9.91. The molecule has 6 heteroatoms. The van der Waals surface area contributed by atoms with Crippen molar-refractivity contribution in [2.75, 3.05) is 5.88 Å². The second-order valence-electron chi connectivity index (χ2n) is 5.00. The van der Waals surface area contributed by atoms with E-state index in [1.807, 2.05) is 20.8 Å². The summed E-state index contributed by atoms with van der Waals surface area (Å²) in [6.45, 7) is 6.14. The first-order valence-electron chi connectivity index (χ1n) is 5.47. The number of nitrogens with one attached hydrogen (secondary N) is 2. The molecule has 0 aliphatic carbocycles. The number of halogens is 1. The molecule has 2 rings (SSSR count). The van der Waals surface area contributed by atoms with Crippen LogP contribution in [0, 0.1) is 0 Å². The van der Waals surface area contributed by atoms with Crippen molar-refractivity contribution in [2.45, 2.75) is 32.6 Å². The van der Waals surface area contributed by atoms with Gasteiger partial charge in [0.15, 0.2) is 5.52 Å². The lowest BCUT2D eigenvalue weighted by Crippen LogP contribution is -2.15. The van der Waals surface area contributed by atoms with Crippen molar-refractivity contribution in [1.82, 2.24) is 20.2 Å². The van der Waals surface area contributed by atoms with Crippen molar-refractivity contribution in [1.29, 1.82) is 0 Å². The summed E-state index contributed by atoms with van der Waals surface area (Å²) in [6.07, 6.45) is 0.543. The molecule has 0 radical (unpaired) electrons. The van der Waals surface area contributed by atoms with Crippen molar-refractivity contribution in [3.8, 4) is 0 Å². The van der Waals surface area contributed by atoms with Gasteiger partial charge in [0, 0.05) is 17.7 Å². The quantitative estimate of drug-likeness (QED) is 0.802. The fraction of sp³-hybridized carbons (Fsp3) is 0.545. The Balaban J connectivity index is 2.70. The minimum absolute atomic E-state index is 0.131. The van der Waals surface area contributed by atoms with Gasteiger partial charge in [-0.1, -0.05) is 20.8 Å². The predicted octanol–water partition coefficient (Wildman–Crippen LogP) is 1.72. The van der Waals surface area contributed by atoms with Crippen LogP contribution < -0.4 is 5.56 Å². The van der Waals surface area contributed by atoms with Crippen molar-refractivity contribution < 1.29 is 0 Å². The number of rotatable bonds is 2. The first-order chi connectivity index (χ1) is 7.93. The second kappa shape index (κ2) is 4.14. The first-order valence-corrected chi connectivity index (χ1v) is 6.00. The van der Waals surface area contributed by atoms with Gasteiger partial charge in [-0.2, -0.15) is 5.10 Å². The fourth-order valence-electron chi connectivity index (χ4n) is 1.69. The van der Waals surface area contributed by atoms with E-state index in [4.69, 9.17) is 11.6 Å². The molecule has 2 aromatic rings. The third-order valence-corrected chi connectivity index (χ3v) is 2.73. The Morgan fingerprint density at radius 3 is 2.59 bits per heavy atom. The van der Waals surface area contributed by atoms with Crippen molar-refractivity contribution in [3.05, 3.63) is 21.9 Å². The molecule has 0 aliphatic heterocycles. The van der Waals surface area contributed by atoms with Crippen LogP contribution in [-0.4, -0.2) is 26.0 Å². The van der Waals surface area contributed by atoms with E-state index in [-0.39, 0.29) is 11.0 Å². The van der Waals surface area contributed by atoms with Gasteiger partial charge in [-0.3, -0.25) is 9.89 Å². The number of hydrogen-bond acceptors (Lipinski definition) is 3. The van der Waals surface area contributed by atoms with E-state index in [9.17, 15) is 4.79 Å². The predicted molar refractivity (Wildman–Crippen MR) is 67.6 cm³/mol. The molecule has 0 fully saturated rings. The standard InChI is InChI=1S/C11H15ClN4O/c1-11(2,3)9-7-8(15-16-9)10(17)14-6(13-7)4-5-12/h4-5H2,1-3H3,(H,15,16)(H,13,14,17). The zero-order valence-corrected chi connectivity index (χ0v) is 10.9. The highest BCUT2D eigenvalue weighted by Gasteiger charge is 2.22. The van der Waals surface area contributed by atoms with E-state index >= 15 is 0 Å². The summed E-state index contributed by atoms with van der Waals surface area (Å²) in [5.74, 6) is 1.03. The molecule has 2 N–H and O–H groups in total. The molecule has 2 heterocycles. The number of fused-ring (bicyclic) bond motifs is 1. The van der Waals surface area contributed by atoms with Crippen molar-refractivity contribution >= 4 is 22.6 Å². The van der Waals surface area contributed by atoms with Crippen molar-refractivity contribution in [2.24, 2.45) is 0 Å². The number of hydrogen-bond donors (Lipinski definition) is 2. The lowest BCUT2D eigenvalue weighted by molar-refractivity contribution is 0.570. The average molecular weight is 255 g/mol. The highest BCUT2D eigenvalue weighted by atomic mass is 35.5. The van der Waals surface area contributed by atoms with Gasteiger partial charge in [-0.25, -0.2) is 4.98 Å². The van der Waals surface area contributed by atoms with Gasteiger partial charge in [0.2, 0.25) is 0 Å². The monoisotopic (exact) mass is 254 g/mol. The summed E-state index contributed by atoms with van der Waals surface area (Å²) in [5, 5.41) is 6.92. The van der Waals surface area contributed by atoms with E-state index in [1.54, 1.807) is 0 Å². The molecule has 0 saturated heterocycles. The van der Waals surface area contributed by atoms with Crippen LogP contribution in [0.5, 0.6) is 0 Å². The minimum atomic E-state index is -0.220. The Morgan fingerprint density at radius 1 is 1.29 bits per heavy atom. The van der Waals surface area contributed by atoms with Gasteiger partial charge in [0.1, 0.15) is 11.3 Å². The van der Waals surface area contributed by atoms with Crippen LogP contribution in [0.1, 0.15) is 32.3 Å². The van der Waals surface area contributed by atoms with E-state index in [0.29, 0.717) is 29.2 Å². The van der Waals surface area contributed by atoms with E-state index in [2.05, 4.69) is 20.2 Å². The van der Waals surface area contributed by atoms with Gasteiger partial charge >= 0.3 is 0 Å². The molecule has 0 unspecified atom stereocenters. The molecular weight excluding hydrogens is 240 g/mol. The van der Waals surface area contributed by atoms with E-state index < -0.39 is 0 Å². The van der Waals surface area contributed by atoms with Gasteiger partial charge in [0.25, 0.3) is 5.56 Å². The molecular formula is C11H15ClN4O. The summed E-state index contributed by atoms with van der Waals surface area (Å²) in [6, 6.07) is 0. The minimum Gasteiger partial charge on any atom is -0.309 e. The van der Waals surface area contributed by atoms with Crippen LogP contribution in [-0.2, 0) is 11.8 Å². The van der Waals surface area contributed by atoms with Crippen LogP contribution in [0.3, 0.4) is 0 Å². The molecule has 0 bridgehead atoms. The SMILES string of the molecule is CC(C)(C)c1[nH]nc2c(=O)[nH]c(CCCl)nc12. The van der Waals surface area contributed by atoms with Crippen LogP contribution in [0.15, 0.2) is 4.79 Å². The summed E-state index contributed by atoms with van der Waals surface area (Å²) in [5.41, 5.74) is 1.51. The molecule has 5 nitrogen and oxygen atoms in total. The molecule has 0 spiro atoms. The van der Waals surface area contributed by atoms with Crippen LogP contribution in [0.25, 0.3) is 11.0 Å². The van der Waals surface area contributed by atoms with Crippen LogP contribution >= 0.6 is 11.6 Å². The Kier molecular flexibility index (Phi) is 2.95. The number of aryl methyl sites for hydroxylation is 1. The average Bonchev–Trinajstić information content (AvgIpc) is 2.61. The third kappa shape index (κ3) is 2.20. The highest BCUT2D eigenvalue weighted by molar-refractivity contribution is 6.17. The van der Waals surface area contributed by atoms with Crippen LogP contribution in [0.2, 0.25) is 0 Å². The van der Waals surface area contributed by atoms with Crippen molar-refractivity contribution in [3.63, 3.8) is 0 Å². The lowest BCUT2D eigenvalue weighted by Gasteiger charge is -2.15. The molecule has 17 heavy (non-hydrogen) atoms. The Hall–Kier alpha value is -1.36. The Morgan fingerprint density at radius 2 is 2.00 bits per heavy atom. The topological polar surface area (TPSA) is 74.4 Å². The first kappa shape index (κ1) is 12.1. The fourth-order valence-corrected chi connectivity index (χ4v) is 1.87. The van der Waals surface area contributed by atoms with Gasteiger partial charge in [-0.15, -0.1) is 11.6 Å². The van der Waals surface area contributed by atoms with Crippen LogP contribution in [0.4, 0.5) is 0 Å². The van der Waals surface area contributed by atoms with Gasteiger partial charge in [0.05, 0.1) is 5.69 Å². The second-order valence-corrected chi connectivity index (χ2v) is 5.38. The highest BCUT2D eigenvalue weighted by Crippen LogP contribution is 2.24. The number of alkyl halides is 1. The smallest absolute Gasteiger partial charge is 0.279 e.